The smallest absolute Gasteiger partial charge is 0.218 e. The number of hydrogen-bond acceptors (Lipinski definition) is 4. The molecular formula is C15H22FNO4S. The van der Waals surface area contributed by atoms with Crippen LogP contribution in [-0.2, 0) is 25.2 Å². The van der Waals surface area contributed by atoms with Gasteiger partial charge in [0.25, 0.3) is 0 Å². The van der Waals surface area contributed by atoms with Gasteiger partial charge < -0.3 is 9.47 Å². The maximum Gasteiger partial charge on any atom is 0.218 e. The topological polar surface area (TPSA) is 55.8 Å². The molecule has 1 fully saturated rings. The molecule has 0 spiro atoms. The van der Waals surface area contributed by atoms with E-state index in [9.17, 15) is 12.8 Å². The molecule has 0 aromatic heterocycles. The monoisotopic (exact) mass is 331 g/mol. The number of ether oxygens (including phenoxy) is 2. The van der Waals surface area contributed by atoms with Gasteiger partial charge in [-0.2, -0.15) is 4.31 Å². The van der Waals surface area contributed by atoms with Gasteiger partial charge in [-0.05, 0) is 19.9 Å². The number of methoxy groups -OCH3 is 1. The zero-order valence-electron chi connectivity index (χ0n) is 13.1. The van der Waals surface area contributed by atoms with Crippen LogP contribution in [0.2, 0.25) is 0 Å². The van der Waals surface area contributed by atoms with Crippen molar-refractivity contribution in [3.8, 4) is 0 Å². The van der Waals surface area contributed by atoms with Crippen LogP contribution in [0.15, 0.2) is 24.3 Å². The van der Waals surface area contributed by atoms with Gasteiger partial charge in [0, 0.05) is 25.8 Å². The van der Waals surface area contributed by atoms with E-state index in [0.29, 0.717) is 6.61 Å². The minimum atomic E-state index is -3.62. The average Bonchev–Trinajstić information content (AvgIpc) is 2.40. The number of sulfonamides is 1. The molecule has 1 aliphatic rings. The Hall–Kier alpha value is -1.02. The maximum atomic E-state index is 13.7. The van der Waals surface area contributed by atoms with Crippen molar-refractivity contribution in [3.63, 3.8) is 0 Å². The summed E-state index contributed by atoms with van der Waals surface area (Å²) in [7, 11) is -2.08. The fourth-order valence-corrected chi connectivity index (χ4v) is 4.34. The highest BCUT2D eigenvalue weighted by molar-refractivity contribution is 7.88. The molecule has 0 saturated carbocycles. The Kier molecular flexibility index (Phi) is 5.21. The lowest BCUT2D eigenvalue weighted by molar-refractivity contribution is -0.135. The van der Waals surface area contributed by atoms with Gasteiger partial charge in [0.2, 0.25) is 10.0 Å². The minimum absolute atomic E-state index is 0.176. The molecule has 1 aromatic carbocycles. The van der Waals surface area contributed by atoms with Crippen molar-refractivity contribution in [2.75, 3.05) is 26.8 Å². The van der Waals surface area contributed by atoms with Crippen molar-refractivity contribution in [3.05, 3.63) is 35.6 Å². The highest BCUT2D eigenvalue weighted by atomic mass is 32.2. The van der Waals surface area contributed by atoms with Crippen LogP contribution in [0, 0.1) is 5.82 Å². The average molecular weight is 331 g/mol. The van der Waals surface area contributed by atoms with E-state index in [1.165, 1.54) is 22.5 Å². The zero-order valence-corrected chi connectivity index (χ0v) is 13.9. The van der Waals surface area contributed by atoms with Crippen LogP contribution >= 0.6 is 0 Å². The Balaban J connectivity index is 2.19. The van der Waals surface area contributed by atoms with E-state index < -0.39 is 21.4 Å². The lowest BCUT2D eigenvalue weighted by Crippen LogP contribution is -2.55. The Labute approximate surface area is 131 Å². The lowest BCUT2D eigenvalue weighted by Gasteiger charge is -2.41. The van der Waals surface area contributed by atoms with Gasteiger partial charge in [-0.1, -0.05) is 18.2 Å². The van der Waals surface area contributed by atoms with Crippen molar-refractivity contribution in [2.24, 2.45) is 0 Å². The molecule has 5 nitrogen and oxygen atoms in total. The molecule has 1 aliphatic heterocycles. The largest absolute Gasteiger partial charge is 0.382 e. The van der Waals surface area contributed by atoms with Crippen LogP contribution < -0.4 is 0 Å². The molecule has 0 bridgehead atoms. The summed E-state index contributed by atoms with van der Waals surface area (Å²) in [5.41, 5.74) is -0.431. The molecule has 0 radical (unpaired) electrons. The van der Waals surface area contributed by atoms with E-state index in [1.807, 2.05) is 13.8 Å². The summed E-state index contributed by atoms with van der Waals surface area (Å²) in [5.74, 6) is -0.859. The molecule has 22 heavy (non-hydrogen) atoms. The van der Waals surface area contributed by atoms with Crippen LogP contribution in [0.25, 0.3) is 0 Å². The fraction of sp³-hybridized carbons (Fsp3) is 0.600. The molecule has 2 rings (SSSR count). The summed E-state index contributed by atoms with van der Waals surface area (Å²) in [6.07, 6.45) is -0.329. The summed E-state index contributed by atoms with van der Waals surface area (Å²) in [4.78, 5) is 0. The number of halogens is 1. The number of morpholine rings is 1. The normalized spacial score (nSPS) is 22.6. The molecule has 1 atom stereocenters. The van der Waals surface area contributed by atoms with Gasteiger partial charge in [0.05, 0.1) is 24.1 Å². The first-order valence-corrected chi connectivity index (χ1v) is 8.72. The second-order valence-electron chi connectivity index (χ2n) is 6.10. The first-order chi connectivity index (χ1) is 10.2. The van der Waals surface area contributed by atoms with Gasteiger partial charge in [-0.25, -0.2) is 12.8 Å². The summed E-state index contributed by atoms with van der Waals surface area (Å²) in [5, 5.41) is 0. The van der Waals surface area contributed by atoms with Crippen molar-refractivity contribution in [1.29, 1.82) is 0 Å². The van der Waals surface area contributed by atoms with Crippen LogP contribution in [0.4, 0.5) is 4.39 Å². The van der Waals surface area contributed by atoms with Gasteiger partial charge in [0.1, 0.15) is 5.82 Å². The summed E-state index contributed by atoms with van der Waals surface area (Å²) >= 11 is 0. The van der Waals surface area contributed by atoms with Crippen LogP contribution in [0.3, 0.4) is 0 Å². The molecule has 1 saturated heterocycles. The van der Waals surface area contributed by atoms with E-state index in [-0.39, 0.29) is 30.5 Å². The van der Waals surface area contributed by atoms with Crippen molar-refractivity contribution >= 4 is 10.0 Å². The highest BCUT2D eigenvalue weighted by Gasteiger charge is 2.38. The predicted octanol–water partition coefficient (Wildman–Crippen LogP) is 1.78. The van der Waals surface area contributed by atoms with Crippen molar-refractivity contribution < 1.29 is 22.3 Å². The maximum absolute atomic E-state index is 13.7. The van der Waals surface area contributed by atoms with Crippen LogP contribution in [0.1, 0.15) is 19.4 Å². The molecule has 0 amide bonds. The predicted molar refractivity (Wildman–Crippen MR) is 81.4 cm³/mol. The van der Waals surface area contributed by atoms with E-state index >= 15 is 0 Å². The Morgan fingerprint density at radius 2 is 2.09 bits per heavy atom. The molecule has 0 aliphatic carbocycles. The van der Waals surface area contributed by atoms with E-state index in [4.69, 9.17) is 9.47 Å². The third-order valence-corrected chi connectivity index (χ3v) is 5.23. The standard InChI is InChI=1S/C15H22FNO4S/c1-15(2)11-17(8-13(21-15)9-20-3)22(18,19)10-12-6-4-5-7-14(12)16/h4-7,13H,8-11H2,1-3H3. The molecule has 0 N–H and O–H groups in total. The highest BCUT2D eigenvalue weighted by Crippen LogP contribution is 2.25. The summed E-state index contributed by atoms with van der Waals surface area (Å²) in [6, 6.07) is 5.93. The quantitative estimate of drug-likeness (QED) is 0.825. The van der Waals surface area contributed by atoms with Gasteiger partial charge >= 0.3 is 0 Å². The number of benzene rings is 1. The molecule has 1 aromatic rings. The zero-order chi connectivity index (χ0) is 16.4. The van der Waals surface area contributed by atoms with Gasteiger partial charge in [-0.3, -0.25) is 0 Å². The SMILES string of the molecule is COCC1CN(S(=O)(=O)Cc2ccccc2F)CC(C)(C)O1. The minimum Gasteiger partial charge on any atom is -0.382 e. The Bertz CT molecular complexity index is 618. The van der Waals surface area contributed by atoms with Crippen molar-refractivity contribution in [1.82, 2.24) is 4.31 Å². The first kappa shape index (κ1) is 17.3. The third-order valence-electron chi connectivity index (χ3n) is 3.49. The van der Waals surface area contributed by atoms with E-state index in [1.54, 1.807) is 13.2 Å². The Morgan fingerprint density at radius 3 is 2.73 bits per heavy atom. The first-order valence-electron chi connectivity index (χ1n) is 7.11. The van der Waals surface area contributed by atoms with Crippen molar-refractivity contribution in [2.45, 2.75) is 31.3 Å². The molecular weight excluding hydrogens is 309 g/mol. The molecule has 1 heterocycles. The molecule has 7 heteroatoms. The van der Waals surface area contributed by atoms with E-state index in [2.05, 4.69) is 0 Å². The van der Waals surface area contributed by atoms with Gasteiger partial charge in [0.15, 0.2) is 0 Å². The molecule has 1 unspecified atom stereocenters. The number of nitrogens with zero attached hydrogens (tertiary/aromatic N) is 1. The second kappa shape index (κ2) is 6.62. The number of hydrogen-bond donors (Lipinski definition) is 0. The third kappa shape index (κ3) is 4.25. The second-order valence-corrected chi connectivity index (χ2v) is 8.06. The Morgan fingerprint density at radius 1 is 1.41 bits per heavy atom. The molecule has 124 valence electrons. The summed E-state index contributed by atoms with van der Waals surface area (Å²) in [6.45, 7) is 4.44. The lowest BCUT2D eigenvalue weighted by atomic mass is 10.1. The van der Waals surface area contributed by atoms with Crippen LogP contribution in [-0.4, -0.2) is 51.2 Å². The van der Waals surface area contributed by atoms with Gasteiger partial charge in [-0.15, -0.1) is 0 Å². The summed E-state index contributed by atoms with van der Waals surface area (Å²) < 4.78 is 51.2. The number of rotatable bonds is 5. The fourth-order valence-electron chi connectivity index (χ4n) is 2.63. The van der Waals surface area contributed by atoms with Crippen LogP contribution in [0.5, 0.6) is 0 Å². The van der Waals surface area contributed by atoms with E-state index in [0.717, 1.165) is 0 Å².